The van der Waals surface area contributed by atoms with Crippen molar-refractivity contribution in [3.8, 4) is 0 Å². The van der Waals surface area contributed by atoms with Crippen molar-refractivity contribution in [3.05, 3.63) is 60.2 Å². The number of carbonyl (C=O) groups excluding carboxylic acids is 2. The lowest BCUT2D eigenvalue weighted by atomic mass is 10.2. The number of pyridine rings is 2. The minimum atomic E-state index is -0.266. The number of nitrogens with zero attached hydrogens (tertiary/aromatic N) is 2. The summed E-state index contributed by atoms with van der Waals surface area (Å²) in [5.74, 6) is -0.533. The highest BCUT2D eigenvalue weighted by Gasteiger charge is 2.06. The molecular formula is C13H12N4O2. The molecule has 19 heavy (non-hydrogen) atoms. The number of hydrogen-bond donors (Lipinski definition) is 2. The molecule has 2 rings (SSSR count). The summed E-state index contributed by atoms with van der Waals surface area (Å²) in [4.78, 5) is 31.0. The van der Waals surface area contributed by atoms with Crippen molar-refractivity contribution >= 4 is 11.8 Å². The summed E-state index contributed by atoms with van der Waals surface area (Å²) in [6.45, 7) is 0.0578. The fraction of sp³-hybridized carbons (Fsp3) is 0.0769. The molecule has 2 aromatic heterocycles. The lowest BCUT2D eigenvalue weighted by Gasteiger charge is -2.07. The highest BCUT2D eigenvalue weighted by molar-refractivity contribution is 5.96. The molecule has 0 atom stereocenters. The molecule has 0 fully saturated rings. The van der Waals surface area contributed by atoms with Crippen LogP contribution in [0.25, 0.3) is 0 Å². The highest BCUT2D eigenvalue weighted by Crippen LogP contribution is 1.96. The number of carbonyl (C=O) groups is 2. The van der Waals surface area contributed by atoms with Gasteiger partial charge in [0.05, 0.1) is 6.67 Å². The van der Waals surface area contributed by atoms with E-state index in [1.54, 1.807) is 24.3 Å². The highest BCUT2D eigenvalue weighted by atomic mass is 16.2. The maximum atomic E-state index is 11.7. The molecule has 0 saturated carbocycles. The second-order valence-corrected chi connectivity index (χ2v) is 3.66. The van der Waals surface area contributed by atoms with Gasteiger partial charge in [-0.3, -0.25) is 19.6 Å². The van der Waals surface area contributed by atoms with Gasteiger partial charge in [0.25, 0.3) is 11.8 Å². The molecular weight excluding hydrogens is 244 g/mol. The number of hydrogen-bond acceptors (Lipinski definition) is 4. The van der Waals surface area contributed by atoms with Crippen LogP contribution in [0.15, 0.2) is 49.1 Å². The van der Waals surface area contributed by atoms with E-state index in [9.17, 15) is 9.59 Å². The topological polar surface area (TPSA) is 84.0 Å². The van der Waals surface area contributed by atoms with Crippen LogP contribution < -0.4 is 10.6 Å². The van der Waals surface area contributed by atoms with Crippen molar-refractivity contribution in [1.82, 2.24) is 20.6 Å². The third kappa shape index (κ3) is 3.60. The zero-order valence-corrected chi connectivity index (χ0v) is 10.0. The van der Waals surface area contributed by atoms with Crippen LogP contribution in [0.3, 0.4) is 0 Å². The zero-order chi connectivity index (χ0) is 13.5. The van der Waals surface area contributed by atoms with Crippen LogP contribution in [0, 0.1) is 0 Å². The second-order valence-electron chi connectivity index (χ2n) is 3.66. The van der Waals surface area contributed by atoms with E-state index in [0.29, 0.717) is 11.1 Å². The van der Waals surface area contributed by atoms with Gasteiger partial charge in [-0.1, -0.05) is 0 Å². The largest absolute Gasteiger partial charge is 0.335 e. The summed E-state index contributed by atoms with van der Waals surface area (Å²) in [6.07, 6.45) is 6.13. The molecule has 0 aliphatic carbocycles. The Bertz CT molecular complexity index is 506. The third-order valence-corrected chi connectivity index (χ3v) is 2.38. The zero-order valence-electron chi connectivity index (χ0n) is 10.0. The Kier molecular flexibility index (Phi) is 4.17. The molecule has 2 amide bonds. The van der Waals surface area contributed by atoms with Gasteiger partial charge in [-0.25, -0.2) is 0 Å². The molecule has 2 heterocycles. The van der Waals surface area contributed by atoms with Crippen molar-refractivity contribution < 1.29 is 9.59 Å². The lowest BCUT2D eigenvalue weighted by molar-refractivity contribution is 0.0920. The van der Waals surface area contributed by atoms with Crippen molar-refractivity contribution in [2.24, 2.45) is 0 Å². The quantitative estimate of drug-likeness (QED) is 0.784. The predicted octanol–water partition coefficient (Wildman–Crippen LogP) is 0.594. The van der Waals surface area contributed by atoms with E-state index in [4.69, 9.17) is 0 Å². The van der Waals surface area contributed by atoms with Gasteiger partial charge in [-0.2, -0.15) is 0 Å². The summed E-state index contributed by atoms with van der Waals surface area (Å²) in [6, 6.07) is 6.39. The van der Waals surface area contributed by atoms with Crippen LogP contribution in [0.5, 0.6) is 0 Å². The number of nitrogens with one attached hydrogen (secondary N) is 2. The first-order chi connectivity index (χ1) is 9.27. The second kappa shape index (κ2) is 6.25. The van der Waals surface area contributed by atoms with Gasteiger partial charge in [0.15, 0.2) is 0 Å². The van der Waals surface area contributed by atoms with Gasteiger partial charge in [0.1, 0.15) is 0 Å². The average molecular weight is 256 g/mol. The minimum absolute atomic E-state index is 0.0578. The molecule has 0 spiro atoms. The van der Waals surface area contributed by atoms with Crippen LogP contribution in [-0.2, 0) is 0 Å². The van der Waals surface area contributed by atoms with E-state index in [1.807, 2.05) is 0 Å². The van der Waals surface area contributed by atoms with Crippen molar-refractivity contribution in [3.63, 3.8) is 0 Å². The van der Waals surface area contributed by atoms with E-state index in [2.05, 4.69) is 20.6 Å². The summed E-state index contributed by atoms with van der Waals surface area (Å²) in [5, 5.41) is 5.17. The fourth-order valence-corrected chi connectivity index (χ4v) is 1.42. The van der Waals surface area contributed by atoms with E-state index >= 15 is 0 Å². The Morgan fingerprint density at radius 3 is 1.53 bits per heavy atom. The Hall–Kier alpha value is -2.76. The minimum Gasteiger partial charge on any atom is -0.335 e. The maximum absolute atomic E-state index is 11.7. The molecule has 0 saturated heterocycles. The van der Waals surface area contributed by atoms with Crippen molar-refractivity contribution in [2.45, 2.75) is 0 Å². The molecule has 6 heteroatoms. The van der Waals surface area contributed by atoms with Gasteiger partial charge in [-0.05, 0) is 24.3 Å². The van der Waals surface area contributed by atoms with E-state index in [0.717, 1.165) is 0 Å². The molecule has 2 aromatic rings. The predicted molar refractivity (Wildman–Crippen MR) is 68.3 cm³/mol. The summed E-state index contributed by atoms with van der Waals surface area (Å²) in [7, 11) is 0. The molecule has 0 radical (unpaired) electrons. The van der Waals surface area contributed by atoms with Crippen LogP contribution in [-0.4, -0.2) is 28.5 Å². The van der Waals surface area contributed by atoms with Gasteiger partial charge in [-0.15, -0.1) is 0 Å². The molecule has 0 unspecified atom stereocenters. The standard InChI is InChI=1S/C13H12N4O2/c18-12(10-1-5-14-6-2-10)16-9-17-13(19)11-3-7-15-8-4-11/h1-8H,9H2,(H,16,18)(H,17,19). The monoisotopic (exact) mass is 256 g/mol. The number of rotatable bonds is 4. The molecule has 0 aliphatic heterocycles. The van der Waals surface area contributed by atoms with Crippen molar-refractivity contribution in [2.75, 3.05) is 6.67 Å². The fourth-order valence-electron chi connectivity index (χ4n) is 1.42. The molecule has 0 bridgehead atoms. The normalized spacial score (nSPS) is 9.68. The molecule has 0 aromatic carbocycles. The Morgan fingerprint density at radius 1 is 0.789 bits per heavy atom. The molecule has 0 aliphatic rings. The molecule has 2 N–H and O–H groups in total. The van der Waals surface area contributed by atoms with Crippen LogP contribution in [0.4, 0.5) is 0 Å². The van der Waals surface area contributed by atoms with Gasteiger partial charge < -0.3 is 10.6 Å². The van der Waals surface area contributed by atoms with Gasteiger partial charge in [0, 0.05) is 35.9 Å². The summed E-state index contributed by atoms with van der Waals surface area (Å²) in [5.41, 5.74) is 0.987. The van der Waals surface area contributed by atoms with Crippen molar-refractivity contribution in [1.29, 1.82) is 0 Å². The first-order valence-electron chi connectivity index (χ1n) is 5.64. The lowest BCUT2D eigenvalue weighted by Crippen LogP contribution is -2.37. The molecule has 6 nitrogen and oxygen atoms in total. The van der Waals surface area contributed by atoms with Crippen LogP contribution >= 0.6 is 0 Å². The van der Waals surface area contributed by atoms with E-state index < -0.39 is 0 Å². The SMILES string of the molecule is O=C(NCNC(=O)c1ccncc1)c1ccncc1. The van der Waals surface area contributed by atoms with E-state index in [1.165, 1.54) is 24.8 Å². The average Bonchev–Trinajstić information content (AvgIpc) is 2.49. The van der Waals surface area contributed by atoms with Crippen LogP contribution in [0.1, 0.15) is 20.7 Å². The maximum Gasteiger partial charge on any atom is 0.252 e. The molecule has 96 valence electrons. The number of amides is 2. The Balaban J connectivity index is 1.81. The smallest absolute Gasteiger partial charge is 0.252 e. The van der Waals surface area contributed by atoms with Gasteiger partial charge in [0.2, 0.25) is 0 Å². The van der Waals surface area contributed by atoms with Crippen LogP contribution in [0.2, 0.25) is 0 Å². The summed E-state index contributed by atoms with van der Waals surface area (Å²) >= 11 is 0. The van der Waals surface area contributed by atoms with E-state index in [-0.39, 0.29) is 18.5 Å². The Morgan fingerprint density at radius 2 is 1.16 bits per heavy atom. The summed E-state index contributed by atoms with van der Waals surface area (Å²) < 4.78 is 0. The first kappa shape index (κ1) is 12.7. The third-order valence-electron chi connectivity index (χ3n) is 2.38. The Labute approximate surface area is 109 Å². The number of aromatic nitrogens is 2. The first-order valence-corrected chi connectivity index (χ1v) is 5.64. The van der Waals surface area contributed by atoms with Gasteiger partial charge >= 0.3 is 0 Å².